The number of nitrogens with zero attached hydrogens (tertiary/aromatic N) is 1. The van der Waals surface area contributed by atoms with Gasteiger partial charge in [0, 0.05) is 12.8 Å². The summed E-state index contributed by atoms with van der Waals surface area (Å²) in [4.78, 5) is 92.6. The molecule has 0 saturated carbocycles. The number of hydrogen-bond acceptors (Lipinski definition) is 9. The maximum Gasteiger partial charge on any atom is 0.408 e. The van der Waals surface area contributed by atoms with E-state index in [1.54, 1.807) is 78.8 Å². The van der Waals surface area contributed by atoms with Crippen LogP contribution in [0, 0.1) is 11.8 Å². The van der Waals surface area contributed by atoms with Gasteiger partial charge in [0.2, 0.25) is 29.5 Å². The molecule has 2 rings (SSSR count). The van der Waals surface area contributed by atoms with Gasteiger partial charge in [0.15, 0.2) is 0 Å². The van der Waals surface area contributed by atoms with Crippen molar-refractivity contribution in [2.24, 2.45) is 11.8 Å². The Balaban J connectivity index is 2.26. The standard InChI is InChI=1S/C36H55FN6O9/c1-19(2)27(32(47)42-28(20(3)4)34(49)51-10)41-31(46)26-17-24(37)18-43(26)33(48)25(16-23-14-12-11-13-15-23)40-30(45)21(5)38-29(44)22(6)39-35(50)52-36(7,8)9/h11-15,19-22,24-28H,16-18H2,1-10H3,(H,38,44)(H,39,50)(H,40,45)(H,41,46)(H,42,47)/t21-,22-,24+,25-,26-,27-,28-/m0/s1. The van der Waals surface area contributed by atoms with Gasteiger partial charge in [0.05, 0.1) is 13.7 Å². The average molecular weight is 735 g/mol. The van der Waals surface area contributed by atoms with E-state index in [4.69, 9.17) is 9.47 Å². The van der Waals surface area contributed by atoms with E-state index in [9.17, 15) is 38.0 Å². The summed E-state index contributed by atoms with van der Waals surface area (Å²) in [6, 6.07) is 1.79. The molecule has 7 atom stereocenters. The average Bonchev–Trinajstić information content (AvgIpc) is 3.45. The van der Waals surface area contributed by atoms with E-state index in [1.807, 2.05) is 0 Å². The highest BCUT2D eigenvalue weighted by Gasteiger charge is 2.44. The second kappa shape index (κ2) is 19.2. The molecular weight excluding hydrogens is 679 g/mol. The highest BCUT2D eigenvalue weighted by molar-refractivity contribution is 5.97. The van der Waals surface area contributed by atoms with Crippen LogP contribution in [0.5, 0.6) is 0 Å². The number of methoxy groups -OCH3 is 1. The Kier molecular flexibility index (Phi) is 16.0. The molecule has 0 aliphatic carbocycles. The number of hydrogen-bond donors (Lipinski definition) is 5. The van der Waals surface area contributed by atoms with Crippen molar-refractivity contribution in [3.63, 3.8) is 0 Å². The van der Waals surface area contributed by atoms with Crippen molar-refractivity contribution in [2.75, 3.05) is 13.7 Å². The number of esters is 1. The number of amides is 6. The number of rotatable bonds is 15. The lowest BCUT2D eigenvalue weighted by Gasteiger charge is -2.31. The summed E-state index contributed by atoms with van der Waals surface area (Å²) in [5, 5.41) is 12.8. The molecule has 5 N–H and O–H groups in total. The summed E-state index contributed by atoms with van der Waals surface area (Å²) in [5.74, 6) is -5.04. The number of carbonyl (C=O) groups excluding carboxylic acids is 7. The molecule has 6 amide bonds. The lowest BCUT2D eigenvalue weighted by atomic mass is 9.99. The van der Waals surface area contributed by atoms with Crippen LogP contribution in [0.2, 0.25) is 0 Å². The zero-order valence-corrected chi connectivity index (χ0v) is 31.7. The maximum absolute atomic E-state index is 15.0. The lowest BCUT2D eigenvalue weighted by Crippen LogP contribution is -2.60. The number of likely N-dealkylation sites (tertiary alicyclic amines) is 1. The SMILES string of the molecule is COC(=O)[C@@H](NC(=O)[C@@H](NC(=O)[C@@H]1C[C@@H](F)CN1C(=O)[C@H](Cc1ccccc1)NC(=O)[C@H](C)NC(=O)[C@H](C)NC(=O)OC(C)(C)C)C(C)C)C(C)C. The van der Waals surface area contributed by atoms with Crippen molar-refractivity contribution < 1.29 is 47.4 Å². The molecule has 0 aromatic heterocycles. The Bertz CT molecular complexity index is 1430. The van der Waals surface area contributed by atoms with Gasteiger partial charge in [-0.05, 0) is 52.0 Å². The minimum Gasteiger partial charge on any atom is -0.467 e. The van der Waals surface area contributed by atoms with E-state index in [2.05, 4.69) is 26.6 Å². The molecule has 1 fully saturated rings. The summed E-state index contributed by atoms with van der Waals surface area (Å²) in [5.41, 5.74) is -0.134. The van der Waals surface area contributed by atoms with Gasteiger partial charge in [0.1, 0.15) is 48.0 Å². The highest BCUT2D eigenvalue weighted by atomic mass is 19.1. The van der Waals surface area contributed by atoms with Crippen LogP contribution in [0.3, 0.4) is 0 Å². The minimum atomic E-state index is -1.57. The third-order valence-corrected chi connectivity index (χ3v) is 8.28. The van der Waals surface area contributed by atoms with Crippen LogP contribution < -0.4 is 26.6 Å². The molecule has 1 heterocycles. The van der Waals surface area contributed by atoms with Crippen LogP contribution in [0.4, 0.5) is 9.18 Å². The first-order valence-electron chi connectivity index (χ1n) is 17.4. The van der Waals surface area contributed by atoms with Gasteiger partial charge in [-0.2, -0.15) is 0 Å². The Hall–Kier alpha value is -4.76. The van der Waals surface area contributed by atoms with Crippen LogP contribution in [0.25, 0.3) is 0 Å². The van der Waals surface area contributed by atoms with Gasteiger partial charge >= 0.3 is 12.1 Å². The van der Waals surface area contributed by atoms with Gasteiger partial charge in [-0.15, -0.1) is 0 Å². The van der Waals surface area contributed by atoms with Gasteiger partial charge in [-0.3, -0.25) is 24.0 Å². The largest absolute Gasteiger partial charge is 0.467 e. The van der Waals surface area contributed by atoms with E-state index in [0.29, 0.717) is 5.56 Å². The van der Waals surface area contributed by atoms with Crippen molar-refractivity contribution in [3.8, 4) is 0 Å². The lowest BCUT2D eigenvalue weighted by molar-refractivity contribution is -0.147. The Morgan fingerprint density at radius 2 is 1.35 bits per heavy atom. The molecule has 1 aliphatic heterocycles. The first-order chi connectivity index (χ1) is 24.1. The third-order valence-electron chi connectivity index (χ3n) is 8.28. The number of nitrogens with one attached hydrogen (secondary N) is 5. The molecule has 290 valence electrons. The first kappa shape index (κ1) is 43.4. The number of halogens is 1. The molecule has 0 bridgehead atoms. The summed E-state index contributed by atoms with van der Waals surface area (Å²) in [7, 11) is 1.20. The summed E-state index contributed by atoms with van der Waals surface area (Å²) in [6.07, 6.45) is -2.76. The second-order valence-electron chi connectivity index (χ2n) is 14.7. The maximum atomic E-state index is 15.0. The van der Waals surface area contributed by atoms with Crippen LogP contribution in [-0.2, 0) is 44.7 Å². The zero-order chi connectivity index (χ0) is 39.5. The monoisotopic (exact) mass is 734 g/mol. The van der Waals surface area contributed by atoms with Crippen LogP contribution >= 0.6 is 0 Å². The highest BCUT2D eigenvalue weighted by Crippen LogP contribution is 2.23. The van der Waals surface area contributed by atoms with Gasteiger partial charge in [-0.1, -0.05) is 58.0 Å². The quantitative estimate of drug-likeness (QED) is 0.166. The summed E-state index contributed by atoms with van der Waals surface area (Å²) in [6.45, 7) is 14.2. The number of carbonyl (C=O) groups is 7. The number of alkyl halides is 1. The number of ether oxygens (including phenoxy) is 2. The fraction of sp³-hybridized carbons (Fsp3) is 0.639. The third kappa shape index (κ3) is 13.1. The van der Waals surface area contributed by atoms with Gasteiger partial charge in [0.25, 0.3) is 0 Å². The normalized spacial score (nSPS) is 18.7. The molecule has 1 aliphatic rings. The Morgan fingerprint density at radius 3 is 1.88 bits per heavy atom. The molecule has 0 radical (unpaired) electrons. The van der Waals surface area contributed by atoms with Gasteiger partial charge < -0.3 is 41.0 Å². The topological polar surface area (TPSA) is 201 Å². The molecule has 16 heteroatoms. The molecule has 1 aromatic rings. The molecular formula is C36H55FN6O9. The molecule has 15 nitrogen and oxygen atoms in total. The van der Waals surface area contributed by atoms with Crippen molar-refractivity contribution in [1.29, 1.82) is 0 Å². The van der Waals surface area contributed by atoms with Crippen molar-refractivity contribution in [2.45, 2.75) is 123 Å². The molecule has 1 aromatic carbocycles. The zero-order valence-electron chi connectivity index (χ0n) is 31.7. The smallest absolute Gasteiger partial charge is 0.408 e. The fourth-order valence-corrected chi connectivity index (χ4v) is 5.43. The van der Waals surface area contributed by atoms with Crippen LogP contribution in [0.1, 0.15) is 74.3 Å². The number of alkyl carbamates (subject to hydrolysis) is 1. The summed E-state index contributed by atoms with van der Waals surface area (Å²) >= 11 is 0. The molecule has 0 unspecified atom stereocenters. The predicted octanol–water partition coefficient (Wildman–Crippen LogP) is 1.53. The second-order valence-corrected chi connectivity index (χ2v) is 14.7. The van der Waals surface area contributed by atoms with Crippen molar-refractivity contribution in [1.82, 2.24) is 31.5 Å². The van der Waals surface area contributed by atoms with E-state index < -0.39 is 102 Å². The van der Waals surface area contributed by atoms with Crippen molar-refractivity contribution in [3.05, 3.63) is 35.9 Å². The number of benzene rings is 1. The van der Waals surface area contributed by atoms with Crippen molar-refractivity contribution >= 4 is 41.6 Å². The van der Waals surface area contributed by atoms with Gasteiger partial charge in [-0.25, -0.2) is 14.0 Å². The van der Waals surface area contributed by atoms with Crippen LogP contribution in [-0.4, -0.2) is 108 Å². The minimum absolute atomic E-state index is 0.0222. The van der Waals surface area contributed by atoms with E-state index >= 15 is 0 Å². The van der Waals surface area contributed by atoms with Crippen LogP contribution in [0.15, 0.2) is 30.3 Å². The summed E-state index contributed by atoms with van der Waals surface area (Å²) < 4.78 is 25.0. The molecule has 0 spiro atoms. The predicted molar refractivity (Wildman–Crippen MR) is 189 cm³/mol. The Morgan fingerprint density at radius 1 is 0.788 bits per heavy atom. The first-order valence-corrected chi connectivity index (χ1v) is 17.4. The fourth-order valence-electron chi connectivity index (χ4n) is 5.43. The van der Waals surface area contributed by atoms with E-state index in [-0.39, 0.29) is 18.8 Å². The Labute approximate surface area is 304 Å². The molecule has 52 heavy (non-hydrogen) atoms. The van der Waals surface area contributed by atoms with E-state index in [1.165, 1.54) is 21.0 Å². The van der Waals surface area contributed by atoms with E-state index in [0.717, 1.165) is 4.90 Å². The molecule has 1 saturated heterocycles.